The molecule has 0 fully saturated rings. The predicted molar refractivity (Wildman–Crippen MR) is 178 cm³/mol. The van der Waals surface area contributed by atoms with E-state index >= 15 is 0 Å². The van der Waals surface area contributed by atoms with Crippen molar-refractivity contribution in [3.63, 3.8) is 0 Å². The molecule has 41 heavy (non-hydrogen) atoms. The number of hydrogen-bond donors (Lipinski definition) is 0. The summed E-state index contributed by atoms with van der Waals surface area (Å²) in [5.41, 5.74) is 7.48. The van der Waals surface area contributed by atoms with E-state index in [4.69, 9.17) is 11.9 Å². The van der Waals surface area contributed by atoms with Crippen LogP contribution in [0.1, 0.15) is 88.1 Å². The first-order valence-corrected chi connectivity index (χ1v) is 13.9. The van der Waals surface area contributed by atoms with Crippen LogP contribution >= 0.6 is 0 Å². The Morgan fingerprint density at radius 2 is 0.878 bits per heavy atom. The molecular formula is C39H48NZr-5. The van der Waals surface area contributed by atoms with Crippen LogP contribution in [0.25, 0.3) is 5.32 Å². The molecule has 0 saturated carbocycles. The molecule has 0 radical (unpaired) electrons. The summed E-state index contributed by atoms with van der Waals surface area (Å²) in [6, 6.07) is 36.1. The van der Waals surface area contributed by atoms with Gasteiger partial charge >= 0.3 is 0 Å². The van der Waals surface area contributed by atoms with E-state index in [1.54, 1.807) is 0 Å². The molecule has 4 aromatic carbocycles. The van der Waals surface area contributed by atoms with Crippen molar-refractivity contribution in [1.29, 1.82) is 0 Å². The van der Waals surface area contributed by atoms with Crippen LogP contribution in [0.2, 0.25) is 0 Å². The summed E-state index contributed by atoms with van der Waals surface area (Å²) in [5.74, 6) is 0.928. The average Bonchev–Trinajstić information content (AvgIpc) is 2.91. The second-order valence-corrected chi connectivity index (χ2v) is 10.9. The van der Waals surface area contributed by atoms with E-state index in [0.717, 1.165) is 28.0 Å². The summed E-state index contributed by atoms with van der Waals surface area (Å²) in [6.07, 6.45) is 0. The fourth-order valence-corrected chi connectivity index (χ4v) is 3.44. The molecule has 0 aliphatic heterocycles. The molecule has 0 bridgehead atoms. The van der Waals surface area contributed by atoms with Crippen molar-refractivity contribution in [1.82, 2.24) is 0 Å². The fraction of sp³-hybridized carbons (Fsp3) is 0.256. The molecule has 4 aromatic rings. The van der Waals surface area contributed by atoms with Crippen molar-refractivity contribution in [2.24, 2.45) is 0 Å². The van der Waals surface area contributed by atoms with Gasteiger partial charge in [0.05, 0.1) is 0 Å². The molecular weight excluding hydrogens is 574 g/mol. The van der Waals surface area contributed by atoms with Crippen molar-refractivity contribution in [3.8, 4) is 0 Å². The van der Waals surface area contributed by atoms with Crippen LogP contribution in [0.5, 0.6) is 0 Å². The van der Waals surface area contributed by atoms with Crippen LogP contribution in [0.4, 0.5) is 5.69 Å². The first kappa shape index (κ1) is 37.9. The van der Waals surface area contributed by atoms with E-state index in [1.165, 1.54) is 11.1 Å². The number of hydrogen-bond acceptors (Lipinski definition) is 0. The van der Waals surface area contributed by atoms with Crippen LogP contribution in [0.3, 0.4) is 0 Å². The number of para-hydroxylation sites is 1. The second-order valence-electron chi connectivity index (χ2n) is 10.9. The monoisotopic (exact) mass is 620 g/mol. The third-order valence-electron chi connectivity index (χ3n) is 6.23. The number of benzene rings is 4. The van der Waals surface area contributed by atoms with Crippen LogP contribution in [-0.2, 0) is 26.2 Å². The molecule has 218 valence electrons. The van der Waals surface area contributed by atoms with Crippen molar-refractivity contribution in [2.45, 2.75) is 65.8 Å². The summed E-state index contributed by atoms with van der Waals surface area (Å²) >= 11 is 0. The van der Waals surface area contributed by atoms with Gasteiger partial charge in [-0.3, -0.25) is 5.57 Å². The Morgan fingerprint density at radius 3 is 1.07 bits per heavy atom. The third kappa shape index (κ3) is 15.5. The van der Waals surface area contributed by atoms with E-state index in [-0.39, 0.29) is 31.7 Å². The van der Waals surface area contributed by atoms with Crippen LogP contribution in [0, 0.1) is 27.4 Å². The third-order valence-corrected chi connectivity index (χ3v) is 6.23. The van der Waals surface area contributed by atoms with E-state index in [2.05, 4.69) is 80.5 Å². The molecule has 0 heterocycles. The summed E-state index contributed by atoms with van der Waals surface area (Å²) in [6.45, 7) is 32.1. The van der Waals surface area contributed by atoms with E-state index in [0.29, 0.717) is 11.8 Å². The zero-order valence-corrected chi connectivity index (χ0v) is 28.7. The SMILES string of the molecule is [CH-]=C(C)C(C)(C)[N-]c1c(C(C)C)cccc1C(C)C.[CH2-]c1ccccc1.[CH2-]c1ccccc1.[CH2-]c1ccccc1.[Zr]. The Kier molecular flexibility index (Phi) is 18.4. The molecule has 0 aliphatic rings. The Morgan fingerprint density at radius 1 is 0.585 bits per heavy atom. The molecule has 2 heteroatoms. The minimum Gasteiger partial charge on any atom is -0.678 e. The maximum atomic E-state index is 5.99. The molecule has 4 rings (SSSR count). The van der Waals surface area contributed by atoms with Crippen molar-refractivity contribution in [2.75, 3.05) is 0 Å². The standard InChI is InChI=1S/C18H27N.3C7H7.Zr/c1-12(2)15-10-9-11-16(13(3)4)17(15)19-18(7,8)14(5)6;3*1-7-5-3-2-4-6-7;/h5,9-13H,1-4,6-8H3;3*2-6H,1H2;/q-2;3*-1;. The van der Waals surface area contributed by atoms with Crippen LogP contribution in [-0.4, -0.2) is 5.54 Å². The average molecular weight is 622 g/mol. The molecule has 0 aromatic heterocycles. The van der Waals surface area contributed by atoms with E-state index in [9.17, 15) is 0 Å². The zero-order chi connectivity index (χ0) is 30.1. The zero-order valence-electron chi connectivity index (χ0n) is 26.2. The minimum atomic E-state index is -0.325. The maximum Gasteiger partial charge on any atom is 0 e. The van der Waals surface area contributed by atoms with Gasteiger partial charge < -0.3 is 11.9 Å². The summed E-state index contributed by atoms with van der Waals surface area (Å²) in [4.78, 5) is 0. The molecule has 0 N–H and O–H groups in total. The molecule has 0 aliphatic carbocycles. The smallest absolute Gasteiger partial charge is 0 e. The Hall–Kier alpha value is -3.09. The van der Waals surface area contributed by atoms with Gasteiger partial charge in [0.2, 0.25) is 0 Å². The van der Waals surface area contributed by atoms with E-state index < -0.39 is 0 Å². The Labute approximate surface area is 271 Å². The van der Waals surface area contributed by atoms with Gasteiger partial charge in [0.25, 0.3) is 0 Å². The van der Waals surface area contributed by atoms with E-state index in [1.807, 2.05) is 97.9 Å². The minimum absolute atomic E-state index is 0. The quantitative estimate of drug-likeness (QED) is 0.197. The van der Waals surface area contributed by atoms with Crippen molar-refractivity contribution < 1.29 is 26.2 Å². The fourth-order valence-electron chi connectivity index (χ4n) is 3.44. The Bertz CT molecular complexity index is 1110. The molecule has 0 amide bonds. The predicted octanol–water partition coefficient (Wildman–Crippen LogP) is 11.7. The molecule has 0 atom stereocenters. The number of rotatable bonds is 5. The summed E-state index contributed by atoms with van der Waals surface area (Å²) in [5, 5.41) is 4.97. The summed E-state index contributed by atoms with van der Waals surface area (Å²) < 4.78 is 0. The van der Waals surface area contributed by atoms with Gasteiger partial charge in [0.15, 0.2) is 0 Å². The Balaban J connectivity index is 0.000000593. The van der Waals surface area contributed by atoms with Gasteiger partial charge in [-0.05, 0) is 11.8 Å². The first-order valence-electron chi connectivity index (χ1n) is 13.9. The van der Waals surface area contributed by atoms with Gasteiger partial charge in [-0.25, -0.2) is 0 Å². The van der Waals surface area contributed by atoms with Crippen LogP contribution in [0.15, 0.2) is 115 Å². The largest absolute Gasteiger partial charge is 0.678 e. The normalized spacial score (nSPS) is 9.98. The maximum absolute atomic E-state index is 5.99. The van der Waals surface area contributed by atoms with Gasteiger partial charge in [-0.15, -0.1) is 47.6 Å². The van der Waals surface area contributed by atoms with Crippen molar-refractivity contribution >= 4 is 5.69 Å². The molecule has 0 saturated heterocycles. The first-order chi connectivity index (χ1) is 18.8. The molecule has 1 nitrogen and oxygen atoms in total. The van der Waals surface area contributed by atoms with Gasteiger partial charge in [0, 0.05) is 26.2 Å². The van der Waals surface area contributed by atoms with Crippen LogP contribution < -0.4 is 0 Å². The summed E-state index contributed by atoms with van der Waals surface area (Å²) in [7, 11) is 0. The van der Waals surface area contributed by atoms with Gasteiger partial charge in [-0.1, -0.05) is 96.0 Å². The molecule has 0 spiro atoms. The number of nitrogens with zero attached hydrogens (tertiary/aromatic N) is 1. The second kappa shape index (κ2) is 19.9. The van der Waals surface area contributed by atoms with Gasteiger partial charge in [-0.2, -0.15) is 73.9 Å². The van der Waals surface area contributed by atoms with Crippen molar-refractivity contribution in [3.05, 3.63) is 175 Å². The topological polar surface area (TPSA) is 14.1 Å². The van der Waals surface area contributed by atoms with Gasteiger partial charge in [0.1, 0.15) is 0 Å². The molecule has 0 unspecified atom stereocenters.